The molecule has 0 bridgehead atoms. The lowest BCUT2D eigenvalue weighted by Crippen LogP contribution is -2.11. The smallest absolute Gasteiger partial charge is 0.239 e. The van der Waals surface area contributed by atoms with Gasteiger partial charge in [-0.3, -0.25) is 5.43 Å². The molecule has 0 atom stereocenters. The summed E-state index contributed by atoms with van der Waals surface area (Å²) in [4.78, 5) is 8.27. The van der Waals surface area contributed by atoms with E-state index in [0.29, 0.717) is 5.95 Å². The Morgan fingerprint density at radius 2 is 1.94 bits per heavy atom. The van der Waals surface area contributed by atoms with Gasteiger partial charge in [-0.25, -0.2) is 10.8 Å². The molecule has 5 nitrogen and oxygen atoms in total. The van der Waals surface area contributed by atoms with Crippen molar-refractivity contribution in [3.05, 3.63) is 39.6 Å². The molecular formula is C11H12IN5. The number of rotatable bonds is 3. The van der Waals surface area contributed by atoms with E-state index in [1.165, 1.54) is 3.57 Å². The fourth-order valence-electron chi connectivity index (χ4n) is 1.31. The number of halogens is 1. The van der Waals surface area contributed by atoms with E-state index in [1.54, 1.807) is 6.20 Å². The summed E-state index contributed by atoms with van der Waals surface area (Å²) >= 11 is 2.27. The summed E-state index contributed by atoms with van der Waals surface area (Å²) < 4.78 is 1.19. The number of aromatic nitrogens is 2. The highest BCUT2D eigenvalue weighted by atomic mass is 127. The lowest BCUT2D eigenvalue weighted by atomic mass is 10.3. The third kappa shape index (κ3) is 3.04. The Kier molecular flexibility index (Phi) is 3.75. The van der Waals surface area contributed by atoms with Gasteiger partial charge in [-0.05, 0) is 53.8 Å². The molecule has 1 heterocycles. The van der Waals surface area contributed by atoms with Gasteiger partial charge in [-0.15, -0.1) is 0 Å². The number of nitrogen functional groups attached to an aromatic ring is 1. The number of anilines is 3. The van der Waals surface area contributed by atoms with Gasteiger partial charge in [0.2, 0.25) is 5.95 Å². The number of nitrogens with zero attached hydrogens (tertiary/aromatic N) is 2. The summed E-state index contributed by atoms with van der Waals surface area (Å²) in [5.41, 5.74) is 4.37. The van der Waals surface area contributed by atoms with Crippen molar-refractivity contribution < 1.29 is 0 Å². The molecule has 0 spiro atoms. The van der Waals surface area contributed by atoms with Crippen LogP contribution < -0.4 is 16.6 Å². The largest absolute Gasteiger partial charge is 0.340 e. The molecule has 1 aromatic heterocycles. The Labute approximate surface area is 113 Å². The van der Waals surface area contributed by atoms with Crippen LogP contribution in [0.3, 0.4) is 0 Å². The molecule has 0 saturated heterocycles. The molecule has 0 unspecified atom stereocenters. The maximum atomic E-state index is 5.28. The SMILES string of the molecule is Cc1cnc(NN)nc1Nc1ccc(I)cc1. The predicted octanol–water partition coefficient (Wildman–Crippen LogP) is 2.42. The van der Waals surface area contributed by atoms with E-state index in [9.17, 15) is 0 Å². The number of hydrazine groups is 1. The first-order chi connectivity index (χ1) is 8.19. The van der Waals surface area contributed by atoms with Crippen LogP contribution in [0.2, 0.25) is 0 Å². The fraction of sp³-hybridized carbons (Fsp3) is 0.0909. The number of benzene rings is 1. The van der Waals surface area contributed by atoms with E-state index >= 15 is 0 Å². The van der Waals surface area contributed by atoms with Crippen LogP contribution in [0.15, 0.2) is 30.5 Å². The molecule has 0 amide bonds. The third-order valence-electron chi connectivity index (χ3n) is 2.21. The van der Waals surface area contributed by atoms with Crippen molar-refractivity contribution in [2.45, 2.75) is 6.92 Å². The van der Waals surface area contributed by atoms with E-state index in [0.717, 1.165) is 17.1 Å². The highest BCUT2D eigenvalue weighted by Gasteiger charge is 2.03. The van der Waals surface area contributed by atoms with E-state index in [1.807, 2.05) is 31.2 Å². The van der Waals surface area contributed by atoms with Gasteiger partial charge in [-0.2, -0.15) is 4.98 Å². The second kappa shape index (κ2) is 5.28. The Balaban J connectivity index is 2.25. The molecule has 2 aromatic rings. The monoisotopic (exact) mass is 341 g/mol. The summed E-state index contributed by atoms with van der Waals surface area (Å²) in [5.74, 6) is 6.42. The maximum absolute atomic E-state index is 5.28. The van der Waals surface area contributed by atoms with Crippen molar-refractivity contribution in [3.8, 4) is 0 Å². The van der Waals surface area contributed by atoms with Crippen LogP contribution in [0, 0.1) is 10.5 Å². The minimum atomic E-state index is 0.392. The van der Waals surface area contributed by atoms with Gasteiger partial charge >= 0.3 is 0 Å². The average Bonchev–Trinajstić information content (AvgIpc) is 2.35. The average molecular weight is 341 g/mol. The van der Waals surface area contributed by atoms with Gasteiger partial charge in [0.15, 0.2) is 0 Å². The Bertz CT molecular complexity index is 512. The molecular weight excluding hydrogens is 329 g/mol. The molecule has 0 saturated carbocycles. The van der Waals surface area contributed by atoms with Crippen molar-refractivity contribution >= 4 is 40.0 Å². The Morgan fingerprint density at radius 3 is 2.59 bits per heavy atom. The molecule has 1 aromatic carbocycles. The summed E-state index contributed by atoms with van der Waals surface area (Å²) in [6.07, 6.45) is 1.72. The van der Waals surface area contributed by atoms with Gasteiger partial charge < -0.3 is 5.32 Å². The standard InChI is InChI=1S/C11H12IN5/c1-7-6-14-11(17-13)16-10(7)15-9-4-2-8(12)3-5-9/h2-6H,13H2,1H3,(H2,14,15,16,17). The highest BCUT2D eigenvalue weighted by molar-refractivity contribution is 14.1. The topological polar surface area (TPSA) is 75.9 Å². The molecule has 4 N–H and O–H groups in total. The van der Waals surface area contributed by atoms with Gasteiger partial charge in [0.25, 0.3) is 0 Å². The van der Waals surface area contributed by atoms with Crippen molar-refractivity contribution in [3.63, 3.8) is 0 Å². The van der Waals surface area contributed by atoms with Gasteiger partial charge in [0.1, 0.15) is 5.82 Å². The van der Waals surface area contributed by atoms with E-state index in [2.05, 4.69) is 43.3 Å². The second-order valence-corrected chi connectivity index (χ2v) is 4.75. The van der Waals surface area contributed by atoms with Crippen LogP contribution in [0.4, 0.5) is 17.5 Å². The Hall–Kier alpha value is -1.41. The van der Waals surface area contributed by atoms with Crippen LogP contribution in [0.25, 0.3) is 0 Å². The van der Waals surface area contributed by atoms with Crippen molar-refractivity contribution in [1.29, 1.82) is 0 Å². The quantitative estimate of drug-likeness (QED) is 0.454. The highest BCUT2D eigenvalue weighted by Crippen LogP contribution is 2.19. The van der Waals surface area contributed by atoms with Crippen LogP contribution in [0.5, 0.6) is 0 Å². The number of hydrogen-bond donors (Lipinski definition) is 3. The first kappa shape index (κ1) is 12.1. The second-order valence-electron chi connectivity index (χ2n) is 3.50. The molecule has 0 aliphatic heterocycles. The minimum absolute atomic E-state index is 0.392. The van der Waals surface area contributed by atoms with Crippen LogP contribution in [-0.4, -0.2) is 9.97 Å². The van der Waals surface area contributed by atoms with Crippen molar-refractivity contribution in [2.75, 3.05) is 10.7 Å². The van der Waals surface area contributed by atoms with E-state index in [4.69, 9.17) is 5.84 Å². The molecule has 0 radical (unpaired) electrons. The zero-order valence-electron chi connectivity index (χ0n) is 9.24. The maximum Gasteiger partial charge on any atom is 0.239 e. The predicted molar refractivity (Wildman–Crippen MR) is 77.0 cm³/mol. The number of nitrogens with one attached hydrogen (secondary N) is 2. The lowest BCUT2D eigenvalue weighted by molar-refractivity contribution is 1.09. The lowest BCUT2D eigenvalue weighted by Gasteiger charge is -2.09. The van der Waals surface area contributed by atoms with Gasteiger partial charge in [-0.1, -0.05) is 0 Å². The molecule has 0 fully saturated rings. The van der Waals surface area contributed by atoms with Gasteiger partial charge in [0.05, 0.1) is 0 Å². The number of hydrogen-bond acceptors (Lipinski definition) is 5. The first-order valence-corrected chi connectivity index (χ1v) is 6.10. The molecule has 0 aliphatic carbocycles. The Morgan fingerprint density at radius 1 is 1.24 bits per heavy atom. The molecule has 6 heteroatoms. The van der Waals surface area contributed by atoms with Crippen LogP contribution in [0.1, 0.15) is 5.56 Å². The summed E-state index contributed by atoms with van der Waals surface area (Å²) in [5, 5.41) is 3.22. The molecule has 0 aliphatic rings. The van der Waals surface area contributed by atoms with Crippen molar-refractivity contribution in [1.82, 2.24) is 9.97 Å². The molecule has 88 valence electrons. The summed E-state index contributed by atoms with van der Waals surface area (Å²) in [6.45, 7) is 1.94. The van der Waals surface area contributed by atoms with Crippen molar-refractivity contribution in [2.24, 2.45) is 5.84 Å². The summed E-state index contributed by atoms with van der Waals surface area (Å²) in [7, 11) is 0. The first-order valence-electron chi connectivity index (χ1n) is 5.02. The van der Waals surface area contributed by atoms with E-state index in [-0.39, 0.29) is 0 Å². The third-order valence-corrected chi connectivity index (χ3v) is 2.93. The van der Waals surface area contributed by atoms with Crippen LogP contribution >= 0.6 is 22.6 Å². The van der Waals surface area contributed by atoms with Gasteiger partial charge in [0, 0.05) is 21.0 Å². The summed E-state index contributed by atoms with van der Waals surface area (Å²) in [6, 6.07) is 8.06. The normalized spacial score (nSPS) is 10.1. The zero-order chi connectivity index (χ0) is 12.3. The minimum Gasteiger partial charge on any atom is -0.340 e. The molecule has 17 heavy (non-hydrogen) atoms. The van der Waals surface area contributed by atoms with E-state index < -0.39 is 0 Å². The number of nitrogens with two attached hydrogens (primary N) is 1. The fourth-order valence-corrected chi connectivity index (χ4v) is 1.67. The molecule has 2 rings (SSSR count). The number of aryl methyl sites for hydroxylation is 1. The van der Waals surface area contributed by atoms with Crippen LogP contribution in [-0.2, 0) is 0 Å². The zero-order valence-corrected chi connectivity index (χ0v) is 11.4.